The van der Waals surface area contributed by atoms with Gasteiger partial charge in [0.1, 0.15) is 0 Å². The SMILES string of the molecule is N#CCCN(CC1CCCO1)S(=O)(=O)c1ccc(Br)cc1. The minimum atomic E-state index is -3.60. The summed E-state index contributed by atoms with van der Waals surface area (Å²) < 4.78 is 33.1. The highest BCUT2D eigenvalue weighted by Gasteiger charge is 2.28. The zero-order valence-electron chi connectivity index (χ0n) is 11.5. The highest BCUT2D eigenvalue weighted by molar-refractivity contribution is 9.10. The summed E-state index contributed by atoms with van der Waals surface area (Å²) in [6, 6.07) is 8.52. The molecule has 0 saturated carbocycles. The molecule has 1 aromatic carbocycles. The van der Waals surface area contributed by atoms with Crippen molar-refractivity contribution in [1.29, 1.82) is 5.26 Å². The molecule has 0 aliphatic carbocycles. The highest BCUT2D eigenvalue weighted by Crippen LogP contribution is 2.21. The van der Waals surface area contributed by atoms with Crippen LogP contribution in [0.15, 0.2) is 33.6 Å². The molecule has 1 unspecified atom stereocenters. The van der Waals surface area contributed by atoms with Crippen LogP contribution in [0, 0.1) is 11.3 Å². The molecule has 0 bridgehead atoms. The predicted octanol–water partition coefficient (Wildman–Crippen LogP) is 2.53. The molecule has 0 spiro atoms. The van der Waals surface area contributed by atoms with E-state index in [2.05, 4.69) is 15.9 Å². The molecule has 0 aromatic heterocycles. The summed E-state index contributed by atoms with van der Waals surface area (Å²) in [5.41, 5.74) is 0. The second kappa shape index (κ2) is 7.36. The van der Waals surface area contributed by atoms with E-state index in [-0.39, 0.29) is 24.0 Å². The van der Waals surface area contributed by atoms with E-state index >= 15 is 0 Å². The molecule has 1 heterocycles. The van der Waals surface area contributed by atoms with Gasteiger partial charge >= 0.3 is 0 Å². The first kappa shape index (κ1) is 16.4. The zero-order valence-corrected chi connectivity index (χ0v) is 13.9. The molecule has 7 heteroatoms. The van der Waals surface area contributed by atoms with E-state index in [9.17, 15) is 8.42 Å². The number of hydrogen-bond donors (Lipinski definition) is 0. The summed E-state index contributed by atoms with van der Waals surface area (Å²) in [7, 11) is -3.60. The fourth-order valence-electron chi connectivity index (χ4n) is 2.26. The Morgan fingerprint density at radius 2 is 2.10 bits per heavy atom. The molecule has 21 heavy (non-hydrogen) atoms. The lowest BCUT2D eigenvalue weighted by Gasteiger charge is -2.24. The van der Waals surface area contributed by atoms with Crippen LogP contribution in [0.1, 0.15) is 19.3 Å². The van der Waals surface area contributed by atoms with Gasteiger partial charge in [-0.3, -0.25) is 0 Å². The zero-order chi connectivity index (χ0) is 15.3. The van der Waals surface area contributed by atoms with Crippen LogP contribution in [-0.4, -0.2) is 38.5 Å². The van der Waals surface area contributed by atoms with Crippen molar-refractivity contribution in [3.05, 3.63) is 28.7 Å². The van der Waals surface area contributed by atoms with Crippen LogP contribution in [0.5, 0.6) is 0 Å². The second-order valence-corrected chi connectivity index (χ2v) is 7.71. The third kappa shape index (κ3) is 4.27. The largest absolute Gasteiger partial charge is 0.377 e. The van der Waals surface area contributed by atoms with E-state index in [0.717, 1.165) is 17.3 Å². The average Bonchev–Trinajstić information content (AvgIpc) is 2.96. The minimum absolute atomic E-state index is 0.0751. The van der Waals surface area contributed by atoms with Crippen LogP contribution in [0.4, 0.5) is 0 Å². The smallest absolute Gasteiger partial charge is 0.243 e. The van der Waals surface area contributed by atoms with Crippen molar-refractivity contribution in [2.75, 3.05) is 19.7 Å². The van der Waals surface area contributed by atoms with Crippen LogP contribution < -0.4 is 0 Å². The molecule has 2 rings (SSSR count). The molecule has 1 fully saturated rings. The molecule has 1 aromatic rings. The van der Waals surface area contributed by atoms with Crippen LogP contribution in [0.2, 0.25) is 0 Å². The molecular weight excluding hydrogens is 356 g/mol. The maximum Gasteiger partial charge on any atom is 0.243 e. The first-order valence-electron chi connectivity index (χ1n) is 6.78. The van der Waals surface area contributed by atoms with Gasteiger partial charge in [0.15, 0.2) is 0 Å². The summed E-state index contributed by atoms with van der Waals surface area (Å²) in [5, 5.41) is 8.74. The average molecular weight is 373 g/mol. The van der Waals surface area contributed by atoms with E-state index < -0.39 is 10.0 Å². The van der Waals surface area contributed by atoms with E-state index in [1.807, 2.05) is 6.07 Å². The number of hydrogen-bond acceptors (Lipinski definition) is 4. The van der Waals surface area contributed by atoms with Crippen molar-refractivity contribution in [3.63, 3.8) is 0 Å². The van der Waals surface area contributed by atoms with Crippen molar-refractivity contribution in [1.82, 2.24) is 4.31 Å². The molecule has 114 valence electrons. The fourth-order valence-corrected chi connectivity index (χ4v) is 3.99. The number of halogens is 1. The summed E-state index contributed by atoms with van der Waals surface area (Å²) in [6.07, 6.45) is 1.91. The van der Waals surface area contributed by atoms with Gasteiger partial charge in [0.2, 0.25) is 10.0 Å². The Morgan fingerprint density at radius 3 is 2.67 bits per heavy atom. The number of nitrogens with zero attached hydrogens (tertiary/aromatic N) is 2. The number of benzene rings is 1. The molecule has 5 nitrogen and oxygen atoms in total. The number of ether oxygens (including phenoxy) is 1. The Labute approximate surface area is 133 Å². The number of nitriles is 1. The van der Waals surface area contributed by atoms with Crippen molar-refractivity contribution in [3.8, 4) is 6.07 Å². The van der Waals surface area contributed by atoms with E-state index in [0.29, 0.717) is 13.2 Å². The predicted molar refractivity (Wildman–Crippen MR) is 82.1 cm³/mol. The summed E-state index contributed by atoms with van der Waals surface area (Å²) >= 11 is 3.29. The molecule has 1 atom stereocenters. The van der Waals surface area contributed by atoms with Gasteiger partial charge < -0.3 is 4.74 Å². The Bertz CT molecular complexity index is 604. The van der Waals surface area contributed by atoms with Gasteiger partial charge in [-0.25, -0.2) is 8.42 Å². The Kier molecular flexibility index (Phi) is 5.76. The maximum absolute atomic E-state index is 12.7. The molecule has 1 aliphatic rings. The standard InChI is InChI=1S/C14H17BrN2O3S/c15-12-4-6-14(7-5-12)21(18,19)17(9-2-8-16)11-13-3-1-10-20-13/h4-7,13H,1-3,9-11H2. The van der Waals surface area contributed by atoms with Gasteiger partial charge in [-0.1, -0.05) is 15.9 Å². The van der Waals surface area contributed by atoms with Crippen molar-refractivity contribution < 1.29 is 13.2 Å². The van der Waals surface area contributed by atoms with E-state index in [4.69, 9.17) is 10.00 Å². The molecule has 0 amide bonds. The van der Waals surface area contributed by atoms with Gasteiger partial charge in [-0.2, -0.15) is 9.57 Å². The first-order chi connectivity index (χ1) is 10.0. The Morgan fingerprint density at radius 1 is 1.38 bits per heavy atom. The fraction of sp³-hybridized carbons (Fsp3) is 0.500. The molecule has 1 aliphatic heterocycles. The van der Waals surface area contributed by atoms with Crippen molar-refractivity contribution in [2.24, 2.45) is 0 Å². The minimum Gasteiger partial charge on any atom is -0.377 e. The van der Waals surface area contributed by atoms with E-state index in [1.165, 1.54) is 4.31 Å². The number of rotatable bonds is 6. The van der Waals surface area contributed by atoms with Gasteiger partial charge in [-0.05, 0) is 37.1 Å². The third-order valence-electron chi connectivity index (χ3n) is 3.36. The van der Waals surface area contributed by atoms with Gasteiger partial charge in [0.25, 0.3) is 0 Å². The summed E-state index contributed by atoms with van der Waals surface area (Å²) in [4.78, 5) is 0.238. The molecule has 1 saturated heterocycles. The lowest BCUT2D eigenvalue weighted by atomic mass is 10.2. The Balaban J connectivity index is 2.20. The molecule has 0 radical (unpaired) electrons. The Hall–Kier alpha value is -0.940. The molecular formula is C14H17BrN2O3S. The lowest BCUT2D eigenvalue weighted by molar-refractivity contribution is 0.0941. The van der Waals surface area contributed by atoms with E-state index in [1.54, 1.807) is 24.3 Å². The maximum atomic E-state index is 12.7. The van der Waals surface area contributed by atoms with Crippen LogP contribution in [0.25, 0.3) is 0 Å². The van der Waals surface area contributed by atoms with Crippen LogP contribution >= 0.6 is 15.9 Å². The molecule has 0 N–H and O–H groups in total. The third-order valence-corrected chi connectivity index (χ3v) is 5.76. The second-order valence-electron chi connectivity index (χ2n) is 4.86. The van der Waals surface area contributed by atoms with Crippen LogP contribution in [0.3, 0.4) is 0 Å². The van der Waals surface area contributed by atoms with Crippen molar-refractivity contribution >= 4 is 26.0 Å². The highest BCUT2D eigenvalue weighted by atomic mass is 79.9. The summed E-state index contributed by atoms with van der Waals surface area (Å²) in [5.74, 6) is 0. The normalized spacial score (nSPS) is 18.8. The van der Waals surface area contributed by atoms with Gasteiger partial charge in [0, 0.05) is 30.6 Å². The first-order valence-corrected chi connectivity index (χ1v) is 9.01. The van der Waals surface area contributed by atoms with Gasteiger partial charge in [0.05, 0.1) is 17.1 Å². The monoisotopic (exact) mass is 372 g/mol. The number of sulfonamides is 1. The lowest BCUT2D eigenvalue weighted by Crippen LogP contribution is -2.38. The topological polar surface area (TPSA) is 70.4 Å². The van der Waals surface area contributed by atoms with Crippen molar-refractivity contribution in [2.45, 2.75) is 30.3 Å². The summed E-state index contributed by atoms with van der Waals surface area (Å²) in [6.45, 7) is 1.17. The quantitative estimate of drug-likeness (QED) is 0.768. The van der Waals surface area contributed by atoms with Gasteiger partial charge in [-0.15, -0.1) is 0 Å². The van der Waals surface area contributed by atoms with Crippen LogP contribution in [-0.2, 0) is 14.8 Å².